The van der Waals surface area contributed by atoms with Gasteiger partial charge in [-0.1, -0.05) is 83.1 Å². The molecule has 0 atom stereocenters. The second-order valence-corrected chi connectivity index (χ2v) is 25.8. The maximum Gasteiger partial charge on any atom is 0.214 e. The first-order valence-corrected chi connectivity index (χ1v) is 23.4. The van der Waals surface area contributed by atoms with Crippen LogP contribution in [0.4, 0.5) is 0 Å². The number of fused-ring (bicyclic) bond motifs is 8. The van der Waals surface area contributed by atoms with Crippen LogP contribution in [0.1, 0.15) is 105 Å². The van der Waals surface area contributed by atoms with Crippen LogP contribution in [0.2, 0.25) is 0 Å². The van der Waals surface area contributed by atoms with E-state index in [0.29, 0.717) is 0 Å². The van der Waals surface area contributed by atoms with Gasteiger partial charge in [0.1, 0.15) is 39.2 Å². The molecule has 0 aromatic heterocycles. The molecule has 0 amide bonds. The highest BCUT2D eigenvalue weighted by Crippen LogP contribution is 2.50. The zero-order valence-corrected chi connectivity index (χ0v) is 36.6. The molecule has 16 heteroatoms. The van der Waals surface area contributed by atoms with Crippen LogP contribution < -0.4 is 0 Å². The topological polar surface area (TPSA) is 217 Å². The summed E-state index contributed by atoms with van der Waals surface area (Å²) in [5, 5.41) is 47.1. The molecule has 0 saturated carbocycles. The minimum absolute atomic E-state index is 0.0572. The molecule has 4 N–H and O–H groups in total. The van der Waals surface area contributed by atoms with E-state index >= 15 is 0 Å². The molecule has 1 aliphatic rings. The SMILES string of the molecule is CC(C)(C)c1cc2c(O)c(c1)S(=O)(=O)c1cc(C(C)(C)C)cc(c1O)S(=O)(=O)c1cc(C(C)(C)C)cc(c1O)S(=O)(=O)c1cc(C(C)(C)C)cc(c1O)S2(=O)=O. The van der Waals surface area contributed by atoms with Gasteiger partial charge in [-0.25, -0.2) is 33.7 Å². The van der Waals surface area contributed by atoms with E-state index in [1.165, 1.54) is 0 Å². The minimum atomic E-state index is -5.24. The van der Waals surface area contributed by atoms with Gasteiger partial charge in [0.15, 0.2) is 23.0 Å². The van der Waals surface area contributed by atoms with Gasteiger partial charge in [0.05, 0.1) is 0 Å². The van der Waals surface area contributed by atoms with Crippen molar-refractivity contribution in [1.29, 1.82) is 0 Å². The molecule has 304 valence electrons. The van der Waals surface area contributed by atoms with Crippen LogP contribution >= 0.6 is 0 Å². The van der Waals surface area contributed by atoms with Crippen molar-refractivity contribution in [3.05, 3.63) is 70.8 Å². The lowest BCUT2D eigenvalue weighted by Gasteiger charge is -2.26. The van der Waals surface area contributed by atoms with Crippen molar-refractivity contribution in [2.24, 2.45) is 0 Å². The highest BCUT2D eigenvalue weighted by Gasteiger charge is 2.42. The van der Waals surface area contributed by atoms with Crippen LogP contribution in [0.15, 0.2) is 87.7 Å². The van der Waals surface area contributed by atoms with Gasteiger partial charge >= 0.3 is 0 Å². The molecule has 12 nitrogen and oxygen atoms in total. The zero-order valence-electron chi connectivity index (χ0n) is 33.3. The standard InChI is InChI=1S/C40H48O12S4/c1-37(2,3)21-13-25-33(41)26(14-21)54(47,48)28-16-23(39(7,8)9)18-30(35(28)43)56(51,52)32-20-24(40(10,11)12)19-31(36(32)44)55(49,50)29-17-22(38(4,5)6)15-27(34(29)42)53(25,45)46/h13-20,41-44H,1-12H3. The lowest BCUT2D eigenvalue weighted by atomic mass is 9.87. The van der Waals surface area contributed by atoms with Gasteiger partial charge in [-0.3, -0.25) is 0 Å². The number of benzene rings is 4. The van der Waals surface area contributed by atoms with Gasteiger partial charge in [0, 0.05) is 0 Å². The fraction of sp³-hybridized carbons (Fsp3) is 0.400. The highest BCUT2D eigenvalue weighted by atomic mass is 32.2. The lowest BCUT2D eigenvalue weighted by molar-refractivity contribution is 0.430. The summed E-state index contributed by atoms with van der Waals surface area (Å²) in [5.41, 5.74) is -3.76. The van der Waals surface area contributed by atoms with E-state index in [1.807, 2.05) is 0 Å². The molecule has 56 heavy (non-hydrogen) atoms. The predicted molar refractivity (Wildman–Crippen MR) is 209 cm³/mol. The van der Waals surface area contributed by atoms with Gasteiger partial charge < -0.3 is 20.4 Å². The van der Waals surface area contributed by atoms with Crippen LogP contribution in [-0.4, -0.2) is 54.1 Å². The molecule has 1 aliphatic heterocycles. The minimum Gasteiger partial charge on any atom is -0.505 e. The Bertz CT molecular complexity index is 2290. The summed E-state index contributed by atoms with van der Waals surface area (Å²) in [4.78, 5) is -8.11. The van der Waals surface area contributed by atoms with Crippen LogP contribution in [0.3, 0.4) is 0 Å². The number of hydrogen-bond donors (Lipinski definition) is 4. The Morgan fingerprint density at radius 2 is 0.393 bits per heavy atom. The summed E-state index contributed by atoms with van der Waals surface area (Å²) in [5.74, 6) is -5.29. The van der Waals surface area contributed by atoms with E-state index < -0.39 is 123 Å². The van der Waals surface area contributed by atoms with Gasteiger partial charge in [0.25, 0.3) is 0 Å². The average Bonchev–Trinajstić information content (AvgIpc) is 3.01. The number of hydrogen-bond acceptors (Lipinski definition) is 12. The van der Waals surface area contributed by atoms with E-state index in [9.17, 15) is 54.1 Å². The Hall–Kier alpha value is -4.12. The van der Waals surface area contributed by atoms with Crippen molar-refractivity contribution in [3.63, 3.8) is 0 Å². The van der Waals surface area contributed by atoms with Crippen LogP contribution in [0, 0.1) is 0 Å². The van der Waals surface area contributed by atoms with E-state index in [0.717, 1.165) is 48.5 Å². The van der Waals surface area contributed by atoms with Gasteiger partial charge in [-0.15, -0.1) is 0 Å². The molecule has 4 aromatic carbocycles. The Kier molecular flexibility index (Phi) is 9.75. The molecule has 0 saturated heterocycles. The largest absolute Gasteiger partial charge is 0.505 e. The first-order valence-electron chi connectivity index (χ1n) is 17.5. The van der Waals surface area contributed by atoms with Crippen LogP contribution in [0.5, 0.6) is 23.0 Å². The summed E-state index contributed by atoms with van der Waals surface area (Å²) in [6.07, 6.45) is 0. The Labute approximate surface area is 329 Å². The van der Waals surface area contributed by atoms with Crippen molar-refractivity contribution < 1.29 is 54.1 Å². The van der Waals surface area contributed by atoms with Crippen molar-refractivity contribution in [2.75, 3.05) is 0 Å². The zero-order chi connectivity index (χ0) is 42.9. The molecule has 5 rings (SSSR count). The summed E-state index contributed by atoms with van der Waals surface area (Å²) in [6, 6.07) is 8.08. The number of phenols is 4. The second-order valence-electron chi connectivity index (χ2n) is 18.3. The third kappa shape index (κ3) is 6.85. The summed E-state index contributed by atoms with van der Waals surface area (Å²) < 4.78 is 119. The maximum atomic E-state index is 14.8. The lowest BCUT2D eigenvalue weighted by Crippen LogP contribution is -2.19. The van der Waals surface area contributed by atoms with Crippen molar-refractivity contribution in [2.45, 2.75) is 144 Å². The summed E-state index contributed by atoms with van der Waals surface area (Å²) >= 11 is 0. The third-order valence-corrected chi connectivity index (χ3v) is 17.1. The fourth-order valence-electron chi connectivity index (χ4n) is 6.17. The molecule has 1 heterocycles. The second kappa shape index (κ2) is 12.7. The number of phenolic OH excluding ortho intramolecular Hbond substituents is 4. The van der Waals surface area contributed by atoms with Gasteiger partial charge in [-0.05, 0) is 92.4 Å². The van der Waals surface area contributed by atoms with Crippen molar-refractivity contribution in [1.82, 2.24) is 0 Å². The van der Waals surface area contributed by atoms with Crippen LogP contribution in [0.25, 0.3) is 0 Å². The Morgan fingerprint density at radius 1 is 0.286 bits per heavy atom. The van der Waals surface area contributed by atoms with Gasteiger partial charge in [0.2, 0.25) is 39.3 Å². The summed E-state index contributed by atoms with van der Waals surface area (Å²) in [7, 11) is -21.0. The smallest absolute Gasteiger partial charge is 0.214 e. The quantitative estimate of drug-likeness (QED) is 0.120. The molecule has 0 aliphatic carbocycles. The Balaban J connectivity index is 2.21. The normalized spacial score (nSPS) is 17.6. The van der Waals surface area contributed by atoms with E-state index in [1.54, 1.807) is 83.1 Å². The number of rotatable bonds is 0. The monoisotopic (exact) mass is 848 g/mol. The molecular formula is C40H48O12S4. The molecule has 0 spiro atoms. The molecular weight excluding hydrogens is 801 g/mol. The summed E-state index contributed by atoms with van der Waals surface area (Å²) in [6.45, 7) is 19.6. The van der Waals surface area contributed by atoms with E-state index in [-0.39, 0.29) is 22.3 Å². The third-order valence-electron chi connectivity index (χ3n) is 9.94. The van der Waals surface area contributed by atoms with Gasteiger partial charge in [-0.2, -0.15) is 0 Å². The molecule has 0 fully saturated rings. The first-order chi connectivity index (χ1) is 25.0. The fourth-order valence-corrected chi connectivity index (χ4v) is 12.6. The number of aromatic hydroxyl groups is 4. The first kappa shape index (κ1) is 43.0. The van der Waals surface area contributed by atoms with E-state index in [4.69, 9.17) is 0 Å². The highest BCUT2D eigenvalue weighted by molar-refractivity contribution is 7.94. The van der Waals surface area contributed by atoms with Crippen molar-refractivity contribution >= 4 is 39.3 Å². The predicted octanol–water partition coefficient (Wildman–Crippen LogP) is 7.34. The Morgan fingerprint density at radius 3 is 0.482 bits per heavy atom. The van der Waals surface area contributed by atoms with Crippen molar-refractivity contribution in [3.8, 4) is 23.0 Å². The average molecular weight is 849 g/mol. The number of sulfone groups is 4. The maximum absolute atomic E-state index is 14.8. The molecule has 0 radical (unpaired) electrons. The molecule has 0 unspecified atom stereocenters. The van der Waals surface area contributed by atoms with E-state index in [2.05, 4.69) is 0 Å². The molecule has 4 aromatic rings. The molecule has 8 bridgehead atoms. The van der Waals surface area contributed by atoms with Crippen LogP contribution in [-0.2, 0) is 61.0 Å².